The van der Waals surface area contributed by atoms with Crippen molar-refractivity contribution in [1.29, 1.82) is 0 Å². The standard InChI is InChI=1S/C13H16O4/c1-7-6-9(13(4-5-13)12(15)16)10(14)8(2)11(7)17-3/h6,14H,4-5H2,1-3H3,(H,15,16). The normalized spacial score (nSPS) is 16.6. The van der Waals surface area contributed by atoms with Crippen LogP contribution in [0.1, 0.15) is 29.5 Å². The third kappa shape index (κ3) is 1.55. The molecule has 0 spiro atoms. The van der Waals surface area contributed by atoms with E-state index in [9.17, 15) is 15.0 Å². The van der Waals surface area contributed by atoms with Crippen LogP contribution >= 0.6 is 0 Å². The van der Waals surface area contributed by atoms with Gasteiger partial charge in [0.1, 0.15) is 11.5 Å². The second-order valence-electron chi connectivity index (χ2n) is 4.64. The van der Waals surface area contributed by atoms with Gasteiger partial charge in [-0.15, -0.1) is 0 Å². The highest BCUT2D eigenvalue weighted by atomic mass is 16.5. The van der Waals surface area contributed by atoms with Gasteiger partial charge in [-0.1, -0.05) is 0 Å². The SMILES string of the molecule is COc1c(C)cc(C2(C(=O)O)CC2)c(O)c1C. The second kappa shape index (κ2) is 3.65. The minimum Gasteiger partial charge on any atom is -0.507 e. The Morgan fingerprint density at radius 2 is 2.00 bits per heavy atom. The number of ether oxygens (including phenoxy) is 1. The molecular weight excluding hydrogens is 220 g/mol. The molecule has 0 radical (unpaired) electrons. The van der Waals surface area contributed by atoms with Crippen molar-refractivity contribution in [2.75, 3.05) is 7.11 Å². The minimum atomic E-state index is -0.883. The number of hydrogen-bond acceptors (Lipinski definition) is 3. The van der Waals surface area contributed by atoms with E-state index in [1.54, 1.807) is 20.1 Å². The van der Waals surface area contributed by atoms with Gasteiger partial charge in [-0.05, 0) is 38.3 Å². The van der Waals surface area contributed by atoms with Crippen molar-refractivity contribution in [2.45, 2.75) is 32.1 Å². The van der Waals surface area contributed by atoms with E-state index in [0.29, 0.717) is 29.7 Å². The first-order valence-corrected chi connectivity index (χ1v) is 5.55. The van der Waals surface area contributed by atoms with E-state index in [4.69, 9.17) is 4.74 Å². The average molecular weight is 236 g/mol. The zero-order chi connectivity index (χ0) is 12.8. The van der Waals surface area contributed by atoms with Gasteiger partial charge in [-0.2, -0.15) is 0 Å². The van der Waals surface area contributed by atoms with E-state index in [-0.39, 0.29) is 5.75 Å². The molecule has 0 saturated heterocycles. The molecule has 0 amide bonds. The molecule has 0 bridgehead atoms. The Morgan fingerprint density at radius 3 is 2.41 bits per heavy atom. The fourth-order valence-electron chi connectivity index (χ4n) is 2.36. The van der Waals surface area contributed by atoms with E-state index in [2.05, 4.69) is 0 Å². The van der Waals surface area contributed by atoms with Gasteiger partial charge in [-0.3, -0.25) is 4.79 Å². The van der Waals surface area contributed by atoms with Gasteiger partial charge in [0.25, 0.3) is 0 Å². The van der Waals surface area contributed by atoms with E-state index in [1.165, 1.54) is 0 Å². The van der Waals surface area contributed by atoms with Gasteiger partial charge in [0.15, 0.2) is 0 Å². The highest BCUT2D eigenvalue weighted by Crippen LogP contribution is 2.53. The lowest BCUT2D eigenvalue weighted by Gasteiger charge is -2.18. The molecule has 1 aliphatic carbocycles. The summed E-state index contributed by atoms with van der Waals surface area (Å²) in [4.78, 5) is 11.3. The largest absolute Gasteiger partial charge is 0.507 e. The van der Waals surface area contributed by atoms with E-state index in [0.717, 1.165) is 5.56 Å². The number of phenolic OH excluding ortho intramolecular Hbond substituents is 1. The second-order valence-corrected chi connectivity index (χ2v) is 4.64. The Hall–Kier alpha value is -1.71. The van der Waals surface area contributed by atoms with Crippen LogP contribution in [-0.2, 0) is 10.2 Å². The van der Waals surface area contributed by atoms with Crippen LogP contribution in [-0.4, -0.2) is 23.3 Å². The molecule has 0 aromatic heterocycles. The van der Waals surface area contributed by atoms with Crippen molar-refractivity contribution in [2.24, 2.45) is 0 Å². The van der Waals surface area contributed by atoms with Gasteiger partial charge in [0.2, 0.25) is 0 Å². The molecular formula is C13H16O4. The molecule has 2 N–H and O–H groups in total. The molecule has 2 rings (SSSR count). The van der Waals surface area contributed by atoms with E-state index < -0.39 is 11.4 Å². The minimum absolute atomic E-state index is 0.0485. The number of phenols is 1. The number of rotatable bonds is 3. The average Bonchev–Trinajstić information content (AvgIpc) is 3.05. The predicted molar refractivity (Wildman–Crippen MR) is 62.7 cm³/mol. The molecule has 0 atom stereocenters. The fraction of sp³-hybridized carbons (Fsp3) is 0.462. The third-order valence-electron chi connectivity index (χ3n) is 3.55. The third-order valence-corrected chi connectivity index (χ3v) is 3.55. The molecule has 0 aliphatic heterocycles. The molecule has 1 aromatic carbocycles. The first-order valence-electron chi connectivity index (χ1n) is 5.55. The molecule has 4 heteroatoms. The quantitative estimate of drug-likeness (QED) is 0.843. The fourth-order valence-corrected chi connectivity index (χ4v) is 2.36. The topological polar surface area (TPSA) is 66.8 Å². The van der Waals surface area contributed by atoms with Crippen LogP contribution in [0.2, 0.25) is 0 Å². The number of carboxylic acids is 1. The van der Waals surface area contributed by atoms with Crippen molar-refractivity contribution in [3.8, 4) is 11.5 Å². The summed E-state index contributed by atoms with van der Waals surface area (Å²) in [5, 5.41) is 19.4. The first-order chi connectivity index (χ1) is 7.94. The molecule has 0 heterocycles. The van der Waals surface area contributed by atoms with Crippen LogP contribution in [0.3, 0.4) is 0 Å². The zero-order valence-electron chi connectivity index (χ0n) is 10.2. The maximum Gasteiger partial charge on any atom is 0.314 e. The molecule has 1 saturated carbocycles. The van der Waals surface area contributed by atoms with Crippen LogP contribution in [0.4, 0.5) is 0 Å². The summed E-state index contributed by atoms with van der Waals surface area (Å²) >= 11 is 0. The summed E-state index contributed by atoms with van der Waals surface area (Å²) in [5.74, 6) is -0.198. The Kier molecular flexibility index (Phi) is 2.53. The number of aryl methyl sites for hydroxylation is 1. The molecule has 92 valence electrons. The van der Waals surface area contributed by atoms with Crippen molar-refractivity contribution in [1.82, 2.24) is 0 Å². The van der Waals surface area contributed by atoms with Crippen molar-refractivity contribution in [3.05, 3.63) is 22.8 Å². The van der Waals surface area contributed by atoms with Gasteiger partial charge in [0.05, 0.1) is 12.5 Å². The molecule has 0 unspecified atom stereocenters. The van der Waals surface area contributed by atoms with Crippen LogP contribution < -0.4 is 4.74 Å². The smallest absolute Gasteiger partial charge is 0.314 e. The Balaban J connectivity index is 2.62. The van der Waals surface area contributed by atoms with Crippen molar-refractivity contribution >= 4 is 5.97 Å². The van der Waals surface area contributed by atoms with Crippen LogP contribution in [0.25, 0.3) is 0 Å². The van der Waals surface area contributed by atoms with Crippen molar-refractivity contribution in [3.63, 3.8) is 0 Å². The monoisotopic (exact) mass is 236 g/mol. The number of methoxy groups -OCH3 is 1. The van der Waals surface area contributed by atoms with Crippen LogP contribution in [0, 0.1) is 13.8 Å². The molecule has 17 heavy (non-hydrogen) atoms. The Labute approximate surface area is 99.8 Å². The van der Waals surface area contributed by atoms with Gasteiger partial charge < -0.3 is 14.9 Å². The number of benzene rings is 1. The van der Waals surface area contributed by atoms with Gasteiger partial charge >= 0.3 is 5.97 Å². The highest BCUT2D eigenvalue weighted by Gasteiger charge is 2.53. The Bertz CT molecular complexity index is 487. The van der Waals surface area contributed by atoms with Gasteiger partial charge in [0, 0.05) is 11.1 Å². The number of aromatic hydroxyl groups is 1. The highest BCUT2D eigenvalue weighted by molar-refractivity contribution is 5.86. The number of carboxylic acid groups (broad SMARTS) is 1. The van der Waals surface area contributed by atoms with E-state index >= 15 is 0 Å². The van der Waals surface area contributed by atoms with E-state index in [1.807, 2.05) is 6.92 Å². The molecule has 1 aromatic rings. The van der Waals surface area contributed by atoms with Crippen LogP contribution in [0.15, 0.2) is 6.07 Å². The maximum atomic E-state index is 11.3. The molecule has 1 fully saturated rings. The lowest BCUT2D eigenvalue weighted by Crippen LogP contribution is -2.20. The maximum absolute atomic E-state index is 11.3. The molecule has 4 nitrogen and oxygen atoms in total. The Morgan fingerprint density at radius 1 is 1.41 bits per heavy atom. The van der Waals surface area contributed by atoms with Crippen LogP contribution in [0.5, 0.6) is 11.5 Å². The molecule has 1 aliphatic rings. The summed E-state index contributed by atoms with van der Waals surface area (Å²) in [5.41, 5.74) is 1.09. The summed E-state index contributed by atoms with van der Waals surface area (Å²) in [7, 11) is 1.54. The zero-order valence-corrected chi connectivity index (χ0v) is 10.2. The predicted octanol–water partition coefficient (Wildman–Crippen LogP) is 2.13. The lowest BCUT2D eigenvalue weighted by atomic mass is 9.91. The lowest BCUT2D eigenvalue weighted by molar-refractivity contribution is -0.140. The first kappa shape index (κ1) is 11.8. The summed E-state index contributed by atoms with van der Waals surface area (Å²) in [6, 6.07) is 1.72. The number of hydrogen-bond donors (Lipinski definition) is 2. The summed E-state index contributed by atoms with van der Waals surface area (Å²) in [6.07, 6.45) is 1.17. The summed E-state index contributed by atoms with van der Waals surface area (Å²) in [6.45, 7) is 3.59. The van der Waals surface area contributed by atoms with Crippen molar-refractivity contribution < 1.29 is 19.7 Å². The summed E-state index contributed by atoms with van der Waals surface area (Å²) < 4.78 is 5.20. The number of carbonyl (C=O) groups is 1. The van der Waals surface area contributed by atoms with Gasteiger partial charge in [-0.25, -0.2) is 0 Å². The number of aliphatic carboxylic acids is 1.